The van der Waals surface area contributed by atoms with E-state index in [9.17, 15) is 10.1 Å². The van der Waals surface area contributed by atoms with Crippen LogP contribution in [-0.4, -0.2) is 9.91 Å². The number of nitro benzene ring substituents is 1. The van der Waals surface area contributed by atoms with Crippen molar-refractivity contribution in [1.82, 2.24) is 4.98 Å². The molecule has 0 aliphatic heterocycles. The molecule has 0 fully saturated rings. The van der Waals surface area contributed by atoms with E-state index in [1.807, 2.05) is 13.0 Å². The number of benzene rings is 1. The Morgan fingerprint density at radius 2 is 2.00 bits per heavy atom. The molecule has 0 amide bonds. The second-order valence-corrected chi connectivity index (χ2v) is 5.28. The molecule has 1 aromatic heterocycles. The number of hydrogen-bond acceptors (Lipinski definition) is 4. The molecule has 0 bridgehead atoms. The molecule has 7 heteroatoms. The van der Waals surface area contributed by atoms with Gasteiger partial charge in [0, 0.05) is 12.3 Å². The van der Waals surface area contributed by atoms with E-state index in [1.165, 1.54) is 6.07 Å². The van der Waals surface area contributed by atoms with E-state index in [2.05, 4.69) is 36.8 Å². The van der Waals surface area contributed by atoms with Gasteiger partial charge in [0.25, 0.3) is 5.69 Å². The normalized spacial score (nSPS) is 10.3. The summed E-state index contributed by atoms with van der Waals surface area (Å²) >= 11 is 6.55. The number of nitro groups is 1. The molecular formula is C12H8Br2N2O3. The van der Waals surface area contributed by atoms with Gasteiger partial charge < -0.3 is 4.74 Å². The van der Waals surface area contributed by atoms with E-state index in [0.29, 0.717) is 16.1 Å². The van der Waals surface area contributed by atoms with Crippen molar-refractivity contribution in [2.75, 3.05) is 0 Å². The van der Waals surface area contributed by atoms with Gasteiger partial charge in [-0.15, -0.1) is 0 Å². The quantitative estimate of drug-likeness (QED) is 0.569. The molecule has 1 aromatic carbocycles. The standard InChI is InChI=1S/C12H8Br2N2O3/c1-7-5-6-15-12(10(7)13)19-9-4-2-3-8(11(9)14)16(17)18/h2-6H,1H3. The SMILES string of the molecule is Cc1ccnc(Oc2cccc([N+](=O)[O-])c2Br)c1Br. The van der Waals surface area contributed by atoms with Crippen molar-refractivity contribution in [3.63, 3.8) is 0 Å². The van der Waals surface area contributed by atoms with E-state index < -0.39 is 4.92 Å². The van der Waals surface area contributed by atoms with Gasteiger partial charge in [-0.2, -0.15) is 0 Å². The number of aromatic nitrogens is 1. The molecule has 0 atom stereocenters. The van der Waals surface area contributed by atoms with E-state index in [-0.39, 0.29) is 10.2 Å². The third kappa shape index (κ3) is 2.93. The van der Waals surface area contributed by atoms with Gasteiger partial charge in [-0.25, -0.2) is 4.98 Å². The van der Waals surface area contributed by atoms with Crippen molar-refractivity contribution in [3.8, 4) is 11.6 Å². The summed E-state index contributed by atoms with van der Waals surface area (Å²) in [4.78, 5) is 14.5. The minimum Gasteiger partial charge on any atom is -0.436 e. The van der Waals surface area contributed by atoms with Crippen LogP contribution in [0.1, 0.15) is 5.56 Å². The van der Waals surface area contributed by atoms with Crippen LogP contribution in [0.2, 0.25) is 0 Å². The fraction of sp³-hybridized carbons (Fsp3) is 0.0833. The lowest BCUT2D eigenvalue weighted by Gasteiger charge is -2.09. The van der Waals surface area contributed by atoms with Crippen molar-refractivity contribution in [3.05, 3.63) is 55.1 Å². The van der Waals surface area contributed by atoms with Crippen molar-refractivity contribution in [2.24, 2.45) is 0 Å². The van der Waals surface area contributed by atoms with Crippen molar-refractivity contribution in [2.45, 2.75) is 6.92 Å². The number of hydrogen-bond donors (Lipinski definition) is 0. The summed E-state index contributed by atoms with van der Waals surface area (Å²) in [7, 11) is 0. The zero-order valence-electron chi connectivity index (χ0n) is 9.76. The van der Waals surface area contributed by atoms with Crippen molar-refractivity contribution >= 4 is 37.5 Å². The molecule has 0 spiro atoms. The second kappa shape index (κ2) is 5.66. The Morgan fingerprint density at radius 3 is 2.68 bits per heavy atom. The summed E-state index contributed by atoms with van der Waals surface area (Å²) in [5.41, 5.74) is 0.910. The summed E-state index contributed by atoms with van der Waals surface area (Å²) in [6.45, 7) is 1.90. The average molecular weight is 388 g/mol. The van der Waals surface area contributed by atoms with Crippen LogP contribution in [0.15, 0.2) is 39.4 Å². The van der Waals surface area contributed by atoms with Gasteiger partial charge in [0.05, 0.1) is 9.40 Å². The largest absolute Gasteiger partial charge is 0.436 e. The van der Waals surface area contributed by atoms with Crippen LogP contribution in [0.5, 0.6) is 11.6 Å². The molecule has 5 nitrogen and oxygen atoms in total. The van der Waals surface area contributed by atoms with Crippen LogP contribution >= 0.6 is 31.9 Å². The fourth-order valence-electron chi connectivity index (χ4n) is 1.41. The van der Waals surface area contributed by atoms with Crippen LogP contribution in [0.4, 0.5) is 5.69 Å². The first-order valence-electron chi connectivity index (χ1n) is 5.22. The predicted molar refractivity (Wildman–Crippen MR) is 77.5 cm³/mol. The Morgan fingerprint density at radius 1 is 1.26 bits per heavy atom. The minimum absolute atomic E-state index is 0.0544. The van der Waals surface area contributed by atoms with Crippen LogP contribution in [-0.2, 0) is 0 Å². The lowest BCUT2D eigenvalue weighted by molar-refractivity contribution is -0.385. The molecule has 0 saturated carbocycles. The lowest BCUT2D eigenvalue weighted by atomic mass is 10.3. The smallest absolute Gasteiger partial charge is 0.287 e. The average Bonchev–Trinajstić information content (AvgIpc) is 2.37. The zero-order valence-corrected chi connectivity index (χ0v) is 12.9. The van der Waals surface area contributed by atoms with Gasteiger partial charge in [-0.1, -0.05) is 6.07 Å². The van der Waals surface area contributed by atoms with E-state index in [4.69, 9.17) is 4.74 Å². The highest BCUT2D eigenvalue weighted by atomic mass is 79.9. The Labute approximate surface area is 126 Å². The van der Waals surface area contributed by atoms with E-state index in [0.717, 1.165) is 5.56 Å². The number of nitrogens with zero attached hydrogens (tertiary/aromatic N) is 2. The Hall–Kier alpha value is -1.47. The highest BCUT2D eigenvalue weighted by Crippen LogP contribution is 2.38. The topological polar surface area (TPSA) is 65.3 Å². The molecule has 0 radical (unpaired) electrons. The van der Waals surface area contributed by atoms with Crippen molar-refractivity contribution < 1.29 is 9.66 Å². The molecule has 0 aliphatic carbocycles. The van der Waals surface area contributed by atoms with Crippen LogP contribution in [0, 0.1) is 17.0 Å². The first-order valence-corrected chi connectivity index (χ1v) is 6.81. The maximum absolute atomic E-state index is 10.8. The fourth-order valence-corrected chi connectivity index (χ4v) is 2.22. The summed E-state index contributed by atoms with van der Waals surface area (Å²) < 4.78 is 6.61. The summed E-state index contributed by atoms with van der Waals surface area (Å²) in [5.74, 6) is 0.703. The van der Waals surface area contributed by atoms with Crippen LogP contribution in [0.25, 0.3) is 0 Å². The Balaban J connectivity index is 2.42. The van der Waals surface area contributed by atoms with Crippen LogP contribution < -0.4 is 4.74 Å². The summed E-state index contributed by atoms with van der Waals surface area (Å²) in [6, 6.07) is 6.42. The maximum Gasteiger partial charge on any atom is 0.287 e. The second-order valence-electron chi connectivity index (χ2n) is 3.70. The number of rotatable bonds is 3. The first-order chi connectivity index (χ1) is 9.00. The summed E-state index contributed by atoms with van der Waals surface area (Å²) in [5, 5.41) is 10.8. The van der Waals surface area contributed by atoms with E-state index >= 15 is 0 Å². The predicted octanol–water partition coefficient (Wildman–Crippen LogP) is 4.62. The van der Waals surface area contributed by atoms with Crippen LogP contribution in [0.3, 0.4) is 0 Å². The Kier molecular flexibility index (Phi) is 4.16. The first kappa shape index (κ1) is 14.0. The van der Waals surface area contributed by atoms with Gasteiger partial charge >= 0.3 is 0 Å². The number of ether oxygens (including phenoxy) is 1. The number of aryl methyl sites for hydroxylation is 1. The maximum atomic E-state index is 10.8. The molecule has 2 rings (SSSR count). The molecule has 0 saturated heterocycles. The highest BCUT2D eigenvalue weighted by Gasteiger charge is 2.17. The molecule has 0 N–H and O–H groups in total. The van der Waals surface area contributed by atoms with Gasteiger partial charge in [-0.3, -0.25) is 10.1 Å². The molecule has 2 aromatic rings. The van der Waals surface area contributed by atoms with E-state index in [1.54, 1.807) is 18.3 Å². The molecule has 0 aliphatic rings. The molecule has 19 heavy (non-hydrogen) atoms. The highest BCUT2D eigenvalue weighted by molar-refractivity contribution is 9.11. The molecule has 98 valence electrons. The lowest BCUT2D eigenvalue weighted by Crippen LogP contribution is -1.94. The zero-order chi connectivity index (χ0) is 14.0. The van der Waals surface area contributed by atoms with Gasteiger partial charge in [-0.05, 0) is 56.5 Å². The number of halogens is 2. The molecular weight excluding hydrogens is 380 g/mol. The third-order valence-corrected chi connectivity index (χ3v) is 4.16. The molecule has 0 unspecified atom stereocenters. The Bertz CT molecular complexity index is 647. The monoisotopic (exact) mass is 386 g/mol. The summed E-state index contributed by atoms with van der Waals surface area (Å²) in [6.07, 6.45) is 1.61. The third-order valence-electron chi connectivity index (χ3n) is 2.40. The van der Waals surface area contributed by atoms with Crippen molar-refractivity contribution in [1.29, 1.82) is 0 Å². The van der Waals surface area contributed by atoms with Gasteiger partial charge in [0.15, 0.2) is 5.75 Å². The molecule has 1 heterocycles. The minimum atomic E-state index is -0.477. The number of pyridine rings is 1. The van der Waals surface area contributed by atoms with Gasteiger partial charge in [0.1, 0.15) is 4.47 Å². The van der Waals surface area contributed by atoms with Gasteiger partial charge in [0.2, 0.25) is 5.88 Å².